The Bertz CT molecular complexity index is 438. The smallest absolute Gasteiger partial charge is 0.276 e. The van der Waals surface area contributed by atoms with Gasteiger partial charge in [0.2, 0.25) is 0 Å². The van der Waals surface area contributed by atoms with Crippen molar-refractivity contribution in [2.45, 2.75) is 32.4 Å². The lowest BCUT2D eigenvalue weighted by Gasteiger charge is -2.35. The number of hydrogen-bond acceptors (Lipinski definition) is 5. The van der Waals surface area contributed by atoms with Gasteiger partial charge in [-0.05, 0) is 19.4 Å². The van der Waals surface area contributed by atoms with Crippen LogP contribution in [0.15, 0.2) is 6.20 Å². The molecule has 20 heavy (non-hydrogen) atoms. The fourth-order valence-electron chi connectivity index (χ4n) is 2.61. The molecule has 1 aliphatic rings. The lowest BCUT2D eigenvalue weighted by molar-refractivity contribution is 0.0641. The standard InChI is InChI=1S/C13H24N6O/c1-3-18-7-4-11(5-8-18)17(2)13(20)12-10-19(9-6-14)16-15-12/h10-11H,3-9,14H2,1-2H3. The number of hydrogen-bond donors (Lipinski definition) is 1. The second-order valence-electron chi connectivity index (χ2n) is 5.24. The average molecular weight is 280 g/mol. The highest BCUT2D eigenvalue weighted by Gasteiger charge is 2.26. The lowest BCUT2D eigenvalue weighted by atomic mass is 10.0. The monoisotopic (exact) mass is 280 g/mol. The molecule has 0 aromatic carbocycles. The first-order valence-corrected chi connectivity index (χ1v) is 7.25. The first-order valence-electron chi connectivity index (χ1n) is 7.25. The first-order chi connectivity index (χ1) is 9.65. The predicted molar refractivity (Wildman–Crippen MR) is 76.3 cm³/mol. The van der Waals surface area contributed by atoms with Crippen LogP contribution >= 0.6 is 0 Å². The van der Waals surface area contributed by atoms with E-state index in [2.05, 4.69) is 22.1 Å². The van der Waals surface area contributed by atoms with Gasteiger partial charge < -0.3 is 15.5 Å². The van der Waals surface area contributed by atoms with Crippen LogP contribution in [0, 0.1) is 0 Å². The third kappa shape index (κ3) is 3.34. The van der Waals surface area contributed by atoms with Gasteiger partial charge in [-0.3, -0.25) is 9.48 Å². The van der Waals surface area contributed by atoms with Gasteiger partial charge in [0.05, 0.1) is 12.7 Å². The molecule has 112 valence electrons. The molecule has 0 aliphatic carbocycles. The summed E-state index contributed by atoms with van der Waals surface area (Å²) < 4.78 is 1.61. The van der Waals surface area contributed by atoms with Crippen molar-refractivity contribution in [1.29, 1.82) is 0 Å². The lowest BCUT2D eigenvalue weighted by Crippen LogP contribution is -2.45. The van der Waals surface area contributed by atoms with Crippen molar-refractivity contribution in [3.05, 3.63) is 11.9 Å². The molecule has 1 amide bonds. The second kappa shape index (κ2) is 6.81. The average Bonchev–Trinajstić information content (AvgIpc) is 2.95. The summed E-state index contributed by atoms with van der Waals surface area (Å²) in [6.07, 6.45) is 3.72. The third-order valence-electron chi connectivity index (χ3n) is 3.99. The Balaban J connectivity index is 1.94. The van der Waals surface area contributed by atoms with E-state index in [-0.39, 0.29) is 5.91 Å². The molecule has 1 aromatic heterocycles. The van der Waals surface area contributed by atoms with E-state index in [0.717, 1.165) is 32.5 Å². The van der Waals surface area contributed by atoms with Crippen molar-refractivity contribution >= 4 is 5.91 Å². The topological polar surface area (TPSA) is 80.3 Å². The second-order valence-corrected chi connectivity index (χ2v) is 5.24. The van der Waals surface area contributed by atoms with E-state index in [9.17, 15) is 4.79 Å². The number of piperidine rings is 1. The summed E-state index contributed by atoms with van der Waals surface area (Å²) in [4.78, 5) is 16.6. The van der Waals surface area contributed by atoms with Crippen molar-refractivity contribution in [2.24, 2.45) is 5.73 Å². The molecule has 0 radical (unpaired) electrons. The van der Waals surface area contributed by atoms with Gasteiger partial charge in [0.15, 0.2) is 5.69 Å². The molecule has 0 unspecified atom stereocenters. The maximum absolute atomic E-state index is 12.4. The third-order valence-corrected chi connectivity index (χ3v) is 3.99. The number of rotatable bonds is 5. The van der Waals surface area contributed by atoms with Crippen LogP contribution in [-0.2, 0) is 6.54 Å². The molecule has 1 fully saturated rings. The Hall–Kier alpha value is -1.47. The van der Waals surface area contributed by atoms with Crippen LogP contribution < -0.4 is 5.73 Å². The van der Waals surface area contributed by atoms with E-state index in [0.29, 0.717) is 24.8 Å². The van der Waals surface area contributed by atoms with Gasteiger partial charge >= 0.3 is 0 Å². The summed E-state index contributed by atoms with van der Waals surface area (Å²) in [6, 6.07) is 0.296. The van der Waals surface area contributed by atoms with Gasteiger partial charge in [0, 0.05) is 32.7 Å². The van der Waals surface area contributed by atoms with E-state index in [1.807, 2.05) is 11.9 Å². The largest absolute Gasteiger partial charge is 0.337 e. The summed E-state index contributed by atoms with van der Waals surface area (Å²) in [6.45, 7) is 6.43. The molecule has 0 atom stereocenters. The van der Waals surface area contributed by atoms with Crippen molar-refractivity contribution in [1.82, 2.24) is 24.8 Å². The van der Waals surface area contributed by atoms with E-state index in [1.54, 1.807) is 10.9 Å². The number of nitrogens with zero attached hydrogens (tertiary/aromatic N) is 5. The van der Waals surface area contributed by atoms with Gasteiger partial charge in [-0.25, -0.2) is 0 Å². The number of aromatic nitrogens is 3. The zero-order valence-corrected chi connectivity index (χ0v) is 12.3. The van der Waals surface area contributed by atoms with Gasteiger partial charge in [0.1, 0.15) is 0 Å². The number of likely N-dealkylation sites (tertiary alicyclic amines) is 1. The minimum atomic E-state index is -0.0526. The normalized spacial score (nSPS) is 17.4. The van der Waals surface area contributed by atoms with E-state index in [4.69, 9.17) is 5.73 Å². The number of nitrogens with two attached hydrogens (primary N) is 1. The van der Waals surface area contributed by atoms with E-state index >= 15 is 0 Å². The SMILES string of the molecule is CCN1CCC(N(C)C(=O)c2cn(CCN)nn2)CC1. The fourth-order valence-corrected chi connectivity index (χ4v) is 2.61. The number of carbonyl (C=O) groups excluding carboxylic acids is 1. The summed E-state index contributed by atoms with van der Waals surface area (Å²) in [5.74, 6) is -0.0526. The van der Waals surface area contributed by atoms with Crippen molar-refractivity contribution in [3.63, 3.8) is 0 Å². The molecule has 1 aliphatic heterocycles. The summed E-state index contributed by atoms with van der Waals surface area (Å²) in [5, 5.41) is 7.85. The molecule has 0 bridgehead atoms. The fraction of sp³-hybridized carbons (Fsp3) is 0.769. The molecule has 7 nitrogen and oxygen atoms in total. The molecule has 2 heterocycles. The molecule has 0 spiro atoms. The Kier molecular flexibility index (Phi) is 5.08. The van der Waals surface area contributed by atoms with Crippen LogP contribution in [-0.4, -0.2) is 70.0 Å². The van der Waals surface area contributed by atoms with Crippen LogP contribution in [0.1, 0.15) is 30.3 Å². The summed E-state index contributed by atoms with van der Waals surface area (Å²) in [7, 11) is 1.86. The Morgan fingerprint density at radius 1 is 1.50 bits per heavy atom. The zero-order chi connectivity index (χ0) is 14.5. The number of carbonyl (C=O) groups is 1. The Morgan fingerprint density at radius 2 is 2.20 bits per heavy atom. The molecule has 1 saturated heterocycles. The van der Waals surface area contributed by atoms with Crippen molar-refractivity contribution in [3.8, 4) is 0 Å². The van der Waals surface area contributed by atoms with Gasteiger partial charge in [-0.2, -0.15) is 0 Å². The zero-order valence-electron chi connectivity index (χ0n) is 12.3. The maximum Gasteiger partial charge on any atom is 0.276 e. The summed E-state index contributed by atoms with van der Waals surface area (Å²) >= 11 is 0. The maximum atomic E-state index is 12.4. The molecule has 0 saturated carbocycles. The molecular formula is C13H24N6O. The van der Waals surface area contributed by atoms with E-state index < -0.39 is 0 Å². The molecule has 1 aromatic rings. The van der Waals surface area contributed by atoms with Gasteiger partial charge in [-0.15, -0.1) is 5.10 Å². The minimum absolute atomic E-state index is 0.0526. The quantitative estimate of drug-likeness (QED) is 0.807. The van der Waals surface area contributed by atoms with Crippen LogP contribution in [0.2, 0.25) is 0 Å². The Morgan fingerprint density at radius 3 is 2.80 bits per heavy atom. The molecule has 7 heteroatoms. The minimum Gasteiger partial charge on any atom is -0.337 e. The molecule has 2 rings (SSSR count). The van der Waals surface area contributed by atoms with E-state index in [1.165, 1.54) is 0 Å². The van der Waals surface area contributed by atoms with Crippen LogP contribution in [0.25, 0.3) is 0 Å². The van der Waals surface area contributed by atoms with Crippen molar-refractivity contribution < 1.29 is 4.79 Å². The summed E-state index contributed by atoms with van der Waals surface area (Å²) in [5.41, 5.74) is 5.86. The number of amides is 1. The van der Waals surface area contributed by atoms with Crippen LogP contribution in [0.5, 0.6) is 0 Å². The predicted octanol–water partition coefficient (Wildman–Crippen LogP) is -0.207. The van der Waals surface area contributed by atoms with Crippen LogP contribution in [0.3, 0.4) is 0 Å². The highest BCUT2D eigenvalue weighted by molar-refractivity contribution is 5.91. The first kappa shape index (κ1) is 14.9. The highest BCUT2D eigenvalue weighted by Crippen LogP contribution is 2.16. The van der Waals surface area contributed by atoms with Gasteiger partial charge in [-0.1, -0.05) is 12.1 Å². The highest BCUT2D eigenvalue weighted by atomic mass is 16.2. The Labute approximate surface area is 119 Å². The van der Waals surface area contributed by atoms with Gasteiger partial charge in [0.25, 0.3) is 5.91 Å². The van der Waals surface area contributed by atoms with Crippen LogP contribution in [0.4, 0.5) is 0 Å². The molecule has 2 N–H and O–H groups in total. The van der Waals surface area contributed by atoms with Crippen molar-refractivity contribution in [2.75, 3.05) is 33.2 Å². The molecular weight excluding hydrogens is 256 g/mol.